The van der Waals surface area contributed by atoms with Crippen molar-refractivity contribution in [2.24, 2.45) is 11.8 Å². The minimum Gasteiger partial charge on any atom is -0.395 e. The van der Waals surface area contributed by atoms with Gasteiger partial charge in [0.15, 0.2) is 0 Å². The lowest BCUT2D eigenvalue weighted by molar-refractivity contribution is 0.0927. The monoisotopic (exact) mass is 312 g/mol. The molecule has 0 saturated carbocycles. The van der Waals surface area contributed by atoms with Crippen molar-refractivity contribution >= 4 is 0 Å². The van der Waals surface area contributed by atoms with Gasteiger partial charge in [0.2, 0.25) is 0 Å². The number of β-amino-alcohol motifs (C(OH)–C–C–N with tert-alkyl or cyclic N) is 1. The zero-order valence-electron chi connectivity index (χ0n) is 14.4. The first-order valence-corrected chi connectivity index (χ1v) is 9.41. The lowest BCUT2D eigenvalue weighted by Gasteiger charge is -2.35. The Hall–Kier alpha value is -0.160. The van der Waals surface area contributed by atoms with E-state index in [4.69, 9.17) is 5.11 Å². The van der Waals surface area contributed by atoms with Crippen LogP contribution in [0.1, 0.15) is 51.9 Å². The molecule has 2 rings (SSSR count). The summed E-state index contributed by atoms with van der Waals surface area (Å²) in [5.74, 6) is 1.83. The van der Waals surface area contributed by atoms with Gasteiger partial charge in [-0.1, -0.05) is 19.3 Å². The van der Waals surface area contributed by atoms with Crippen LogP contribution in [0.15, 0.2) is 0 Å². The van der Waals surface area contributed by atoms with E-state index in [1.807, 2.05) is 0 Å². The van der Waals surface area contributed by atoms with Gasteiger partial charge in [-0.05, 0) is 70.6 Å². The van der Waals surface area contributed by atoms with Crippen LogP contribution in [-0.4, -0.2) is 72.0 Å². The Labute approximate surface area is 136 Å². The van der Waals surface area contributed by atoms with Gasteiger partial charge in [0.25, 0.3) is 0 Å². The second kappa shape index (κ2) is 9.86. The van der Waals surface area contributed by atoms with E-state index >= 15 is 0 Å². The summed E-state index contributed by atoms with van der Waals surface area (Å²) in [6, 6.07) is 0.338. The van der Waals surface area contributed by atoms with Crippen LogP contribution in [0.3, 0.4) is 0 Å². The van der Waals surface area contributed by atoms with E-state index in [-0.39, 0.29) is 0 Å². The third-order valence-corrected chi connectivity index (χ3v) is 5.88. The summed E-state index contributed by atoms with van der Waals surface area (Å²) >= 11 is 0. The van der Waals surface area contributed by atoms with Crippen LogP contribution in [0, 0.1) is 11.8 Å². The van der Waals surface area contributed by atoms with E-state index in [1.165, 1.54) is 71.1 Å². The molecule has 0 amide bonds. The number of hydrogen-bond acceptors (Lipinski definition) is 4. The summed E-state index contributed by atoms with van der Waals surface area (Å²) in [5, 5.41) is 18.2. The molecule has 22 heavy (non-hydrogen) atoms. The highest BCUT2D eigenvalue weighted by Crippen LogP contribution is 2.27. The van der Waals surface area contributed by atoms with E-state index in [1.54, 1.807) is 0 Å². The summed E-state index contributed by atoms with van der Waals surface area (Å²) in [5.41, 5.74) is 0. The van der Waals surface area contributed by atoms with Gasteiger partial charge in [0, 0.05) is 12.6 Å². The number of likely N-dealkylation sites (tertiary alicyclic amines) is 2. The molecule has 0 radical (unpaired) electrons. The molecule has 2 aliphatic rings. The Morgan fingerprint density at radius 3 is 1.95 bits per heavy atom. The Balaban J connectivity index is 1.53. The molecule has 1 unspecified atom stereocenters. The van der Waals surface area contributed by atoms with Crippen molar-refractivity contribution in [3.63, 3.8) is 0 Å². The summed E-state index contributed by atoms with van der Waals surface area (Å²) in [7, 11) is 0. The van der Waals surface area contributed by atoms with Crippen molar-refractivity contribution in [1.82, 2.24) is 9.80 Å². The number of rotatable bonds is 8. The van der Waals surface area contributed by atoms with E-state index < -0.39 is 0 Å². The van der Waals surface area contributed by atoms with Gasteiger partial charge in [-0.15, -0.1) is 0 Å². The van der Waals surface area contributed by atoms with E-state index in [0.717, 1.165) is 18.4 Å². The lowest BCUT2D eigenvalue weighted by atomic mass is 9.86. The van der Waals surface area contributed by atoms with Crippen LogP contribution in [0.4, 0.5) is 0 Å². The Morgan fingerprint density at radius 2 is 1.45 bits per heavy atom. The second-order valence-electron chi connectivity index (χ2n) is 7.45. The predicted molar refractivity (Wildman–Crippen MR) is 90.9 cm³/mol. The van der Waals surface area contributed by atoms with Gasteiger partial charge in [-0.25, -0.2) is 0 Å². The van der Waals surface area contributed by atoms with Crippen molar-refractivity contribution in [3.05, 3.63) is 0 Å². The maximum Gasteiger partial charge on any atom is 0.0584 e. The Morgan fingerprint density at radius 1 is 0.909 bits per heavy atom. The van der Waals surface area contributed by atoms with Gasteiger partial charge in [0.05, 0.1) is 13.2 Å². The largest absolute Gasteiger partial charge is 0.395 e. The Bertz CT molecular complexity index is 285. The predicted octanol–water partition coefficient (Wildman–Crippen LogP) is 1.95. The van der Waals surface area contributed by atoms with Crippen molar-refractivity contribution in [1.29, 1.82) is 0 Å². The molecule has 0 aromatic carbocycles. The molecular formula is C18H36N2O2. The topological polar surface area (TPSA) is 46.9 Å². The van der Waals surface area contributed by atoms with Crippen LogP contribution in [0.2, 0.25) is 0 Å². The molecule has 0 bridgehead atoms. The molecule has 2 saturated heterocycles. The van der Waals surface area contributed by atoms with E-state index in [9.17, 15) is 5.11 Å². The lowest BCUT2D eigenvalue weighted by Crippen LogP contribution is -2.41. The molecule has 130 valence electrons. The highest BCUT2D eigenvalue weighted by molar-refractivity contribution is 4.77. The fraction of sp³-hybridized carbons (Fsp3) is 1.00. The molecule has 2 fully saturated rings. The first-order chi connectivity index (χ1) is 10.7. The van der Waals surface area contributed by atoms with Gasteiger partial charge < -0.3 is 15.1 Å². The molecule has 0 spiro atoms. The molecule has 2 heterocycles. The maximum atomic E-state index is 9.23. The van der Waals surface area contributed by atoms with E-state index in [0.29, 0.717) is 19.3 Å². The third-order valence-electron chi connectivity index (χ3n) is 5.88. The summed E-state index contributed by atoms with van der Waals surface area (Å²) in [6.07, 6.45) is 9.49. The fourth-order valence-corrected chi connectivity index (χ4v) is 4.13. The Kier molecular flexibility index (Phi) is 8.15. The number of nitrogens with zero attached hydrogens (tertiary/aromatic N) is 2. The molecular weight excluding hydrogens is 276 g/mol. The van der Waals surface area contributed by atoms with Gasteiger partial charge >= 0.3 is 0 Å². The minimum atomic E-state index is 0.291. The van der Waals surface area contributed by atoms with Crippen LogP contribution >= 0.6 is 0 Å². The molecule has 0 aliphatic carbocycles. The highest BCUT2D eigenvalue weighted by atomic mass is 16.3. The minimum absolute atomic E-state index is 0.291. The summed E-state index contributed by atoms with van der Waals surface area (Å²) in [4.78, 5) is 4.84. The summed E-state index contributed by atoms with van der Waals surface area (Å²) in [6.45, 7) is 8.29. The van der Waals surface area contributed by atoms with Crippen LogP contribution in [-0.2, 0) is 0 Å². The molecule has 1 atom stereocenters. The molecule has 0 aromatic heterocycles. The number of hydrogen-bond donors (Lipinski definition) is 2. The van der Waals surface area contributed by atoms with E-state index in [2.05, 4.69) is 16.7 Å². The molecule has 4 nitrogen and oxygen atoms in total. The zero-order valence-corrected chi connectivity index (χ0v) is 14.4. The van der Waals surface area contributed by atoms with Crippen molar-refractivity contribution in [2.45, 2.75) is 57.9 Å². The maximum absolute atomic E-state index is 9.23. The number of aliphatic hydroxyl groups excluding tert-OH is 2. The van der Waals surface area contributed by atoms with Crippen molar-refractivity contribution < 1.29 is 10.2 Å². The van der Waals surface area contributed by atoms with Gasteiger partial charge in [-0.3, -0.25) is 4.90 Å². The zero-order chi connectivity index (χ0) is 15.8. The third kappa shape index (κ3) is 5.80. The summed E-state index contributed by atoms with van der Waals surface area (Å²) < 4.78 is 0. The SMILES string of the molecule is CC(CO)N1CCC(CCCC2CCN(CCO)CC2)CC1. The normalized spacial score (nSPS) is 24.7. The van der Waals surface area contributed by atoms with Gasteiger partial charge in [-0.2, -0.15) is 0 Å². The second-order valence-corrected chi connectivity index (χ2v) is 7.45. The van der Waals surface area contributed by atoms with Crippen LogP contribution in [0.25, 0.3) is 0 Å². The standard InChI is InChI=1S/C18H36N2O2/c1-16(15-22)20-11-7-18(8-12-20)4-2-3-17-5-9-19(10-6-17)13-14-21/h16-18,21-22H,2-15H2,1H3. The van der Waals surface area contributed by atoms with Gasteiger partial charge in [0.1, 0.15) is 0 Å². The molecule has 0 aromatic rings. The fourth-order valence-electron chi connectivity index (χ4n) is 4.13. The van der Waals surface area contributed by atoms with Crippen LogP contribution in [0.5, 0.6) is 0 Å². The van der Waals surface area contributed by atoms with Crippen molar-refractivity contribution in [2.75, 3.05) is 45.9 Å². The van der Waals surface area contributed by atoms with Crippen LogP contribution < -0.4 is 0 Å². The first kappa shape index (κ1) is 18.2. The quantitative estimate of drug-likeness (QED) is 0.719. The first-order valence-electron chi connectivity index (χ1n) is 9.41. The average molecular weight is 312 g/mol. The molecule has 4 heteroatoms. The number of aliphatic hydroxyl groups is 2. The smallest absolute Gasteiger partial charge is 0.0584 e. The average Bonchev–Trinajstić information content (AvgIpc) is 2.56. The van der Waals surface area contributed by atoms with Crippen molar-refractivity contribution in [3.8, 4) is 0 Å². The molecule has 2 N–H and O–H groups in total. The highest BCUT2D eigenvalue weighted by Gasteiger charge is 2.23. The molecule has 2 aliphatic heterocycles. The number of piperidine rings is 2.